The molecule has 0 unspecified atom stereocenters. The van der Waals surface area contributed by atoms with Crippen molar-refractivity contribution in [2.24, 2.45) is 0 Å². The fraction of sp³-hybridized carbons (Fsp3) is 0.400. The molecule has 5 heteroatoms. The highest BCUT2D eigenvalue weighted by atomic mass is 35.5. The molecule has 0 aliphatic rings. The van der Waals surface area contributed by atoms with Gasteiger partial charge >= 0.3 is 0 Å². The minimum absolute atomic E-state index is 0.209. The number of rotatable bonds is 5. The SMILES string of the molecule is CCc1nn(CC)c(CNc2cccc(F)c2C)c1Cl. The summed E-state index contributed by atoms with van der Waals surface area (Å²) in [6.07, 6.45) is 0.803. The van der Waals surface area contributed by atoms with Crippen LogP contribution in [0, 0.1) is 12.7 Å². The lowest BCUT2D eigenvalue weighted by Crippen LogP contribution is -2.09. The summed E-state index contributed by atoms with van der Waals surface area (Å²) in [6, 6.07) is 5.01. The van der Waals surface area contributed by atoms with Crippen molar-refractivity contribution in [1.29, 1.82) is 0 Å². The molecule has 0 fully saturated rings. The Hall–Kier alpha value is -1.55. The number of nitrogens with one attached hydrogen (secondary N) is 1. The lowest BCUT2D eigenvalue weighted by molar-refractivity contribution is 0.615. The second kappa shape index (κ2) is 6.27. The van der Waals surface area contributed by atoms with Gasteiger partial charge < -0.3 is 5.32 Å². The van der Waals surface area contributed by atoms with Crippen molar-refractivity contribution in [2.75, 3.05) is 5.32 Å². The van der Waals surface area contributed by atoms with Crippen LogP contribution in [0.15, 0.2) is 18.2 Å². The number of hydrogen-bond acceptors (Lipinski definition) is 2. The Labute approximate surface area is 123 Å². The maximum Gasteiger partial charge on any atom is 0.128 e. The molecule has 1 N–H and O–H groups in total. The number of halogens is 2. The normalized spacial score (nSPS) is 10.8. The minimum Gasteiger partial charge on any atom is -0.379 e. The van der Waals surface area contributed by atoms with Crippen molar-refractivity contribution in [2.45, 2.75) is 40.3 Å². The van der Waals surface area contributed by atoms with Gasteiger partial charge in [-0.2, -0.15) is 5.10 Å². The summed E-state index contributed by atoms with van der Waals surface area (Å²) in [7, 11) is 0. The summed E-state index contributed by atoms with van der Waals surface area (Å²) >= 11 is 6.35. The molecule has 0 aliphatic carbocycles. The first-order valence-electron chi connectivity index (χ1n) is 6.81. The topological polar surface area (TPSA) is 29.9 Å². The fourth-order valence-corrected chi connectivity index (χ4v) is 2.50. The highest BCUT2D eigenvalue weighted by Crippen LogP contribution is 2.24. The lowest BCUT2D eigenvalue weighted by Gasteiger charge is -2.11. The maximum atomic E-state index is 13.5. The predicted molar refractivity (Wildman–Crippen MR) is 80.8 cm³/mol. The monoisotopic (exact) mass is 295 g/mol. The molecule has 108 valence electrons. The van der Waals surface area contributed by atoms with Gasteiger partial charge in [-0.25, -0.2) is 4.39 Å². The van der Waals surface area contributed by atoms with Crippen molar-refractivity contribution in [3.05, 3.63) is 46.0 Å². The van der Waals surface area contributed by atoms with Crippen LogP contribution in [0.4, 0.5) is 10.1 Å². The highest BCUT2D eigenvalue weighted by Gasteiger charge is 2.14. The molecule has 2 rings (SSSR count). The van der Waals surface area contributed by atoms with Gasteiger partial charge in [-0.05, 0) is 32.4 Å². The Morgan fingerprint density at radius 3 is 2.75 bits per heavy atom. The van der Waals surface area contributed by atoms with E-state index in [1.807, 2.05) is 24.6 Å². The average Bonchev–Trinajstić information content (AvgIpc) is 2.76. The summed E-state index contributed by atoms with van der Waals surface area (Å²) in [5.74, 6) is -0.209. The molecule has 0 radical (unpaired) electrons. The van der Waals surface area contributed by atoms with Crippen LogP contribution in [0.3, 0.4) is 0 Å². The first-order valence-corrected chi connectivity index (χ1v) is 7.19. The minimum atomic E-state index is -0.209. The molecule has 3 nitrogen and oxygen atoms in total. The van der Waals surface area contributed by atoms with E-state index in [-0.39, 0.29) is 5.82 Å². The third-order valence-corrected chi connectivity index (χ3v) is 3.84. The molecule has 0 atom stereocenters. The van der Waals surface area contributed by atoms with Crippen molar-refractivity contribution in [1.82, 2.24) is 9.78 Å². The van der Waals surface area contributed by atoms with Crippen LogP contribution in [0.5, 0.6) is 0 Å². The molecule has 0 saturated carbocycles. The van der Waals surface area contributed by atoms with Gasteiger partial charge in [0, 0.05) is 17.8 Å². The fourth-order valence-electron chi connectivity index (χ4n) is 2.16. The molecule has 1 aromatic carbocycles. The molecule has 0 saturated heterocycles. The summed E-state index contributed by atoms with van der Waals surface area (Å²) in [6.45, 7) is 7.11. The van der Waals surface area contributed by atoms with E-state index in [0.717, 1.165) is 30.0 Å². The molecule has 1 aromatic heterocycles. The van der Waals surface area contributed by atoms with Crippen LogP contribution in [0.25, 0.3) is 0 Å². The molecule has 0 spiro atoms. The Balaban J connectivity index is 2.22. The van der Waals surface area contributed by atoms with Crippen molar-refractivity contribution in [3.8, 4) is 0 Å². The Bertz CT molecular complexity index is 607. The molecule has 1 heterocycles. The van der Waals surface area contributed by atoms with Crippen LogP contribution >= 0.6 is 11.6 Å². The molecule has 0 aliphatic heterocycles. The summed E-state index contributed by atoms with van der Waals surface area (Å²) in [5.41, 5.74) is 3.24. The summed E-state index contributed by atoms with van der Waals surface area (Å²) in [5, 5.41) is 8.41. The van der Waals surface area contributed by atoms with E-state index in [4.69, 9.17) is 11.6 Å². The van der Waals surface area contributed by atoms with Gasteiger partial charge in [-0.1, -0.05) is 24.6 Å². The van der Waals surface area contributed by atoms with E-state index >= 15 is 0 Å². The molecule has 0 amide bonds. The molecule has 2 aromatic rings. The van der Waals surface area contributed by atoms with Crippen molar-refractivity contribution in [3.63, 3.8) is 0 Å². The Morgan fingerprint density at radius 1 is 1.35 bits per heavy atom. The third-order valence-electron chi connectivity index (χ3n) is 3.41. The largest absolute Gasteiger partial charge is 0.379 e. The van der Waals surface area contributed by atoms with Gasteiger partial charge in [0.1, 0.15) is 5.82 Å². The van der Waals surface area contributed by atoms with Crippen molar-refractivity contribution < 1.29 is 4.39 Å². The van der Waals surface area contributed by atoms with Gasteiger partial charge in [-0.3, -0.25) is 4.68 Å². The zero-order valence-electron chi connectivity index (χ0n) is 12.0. The van der Waals surface area contributed by atoms with E-state index in [1.165, 1.54) is 6.07 Å². The first kappa shape index (κ1) is 14.9. The number of aryl methyl sites for hydroxylation is 2. The number of anilines is 1. The smallest absolute Gasteiger partial charge is 0.128 e. The second-order valence-electron chi connectivity index (χ2n) is 4.64. The number of hydrogen-bond donors (Lipinski definition) is 1. The predicted octanol–water partition coefficient (Wildman–Crippen LogP) is 4.18. The van der Waals surface area contributed by atoms with Crippen LogP contribution < -0.4 is 5.32 Å². The Kier molecular flexibility index (Phi) is 4.65. The number of benzene rings is 1. The molecular weight excluding hydrogens is 277 g/mol. The van der Waals surface area contributed by atoms with Crippen LogP contribution in [-0.2, 0) is 19.5 Å². The number of aromatic nitrogens is 2. The van der Waals surface area contributed by atoms with Gasteiger partial charge in [0.2, 0.25) is 0 Å². The summed E-state index contributed by atoms with van der Waals surface area (Å²) in [4.78, 5) is 0. The molecule has 20 heavy (non-hydrogen) atoms. The molecule has 0 bridgehead atoms. The van der Waals surface area contributed by atoms with E-state index in [2.05, 4.69) is 10.4 Å². The van der Waals surface area contributed by atoms with E-state index in [1.54, 1.807) is 13.0 Å². The van der Waals surface area contributed by atoms with Gasteiger partial charge in [0.25, 0.3) is 0 Å². The molecular formula is C15H19ClFN3. The standard InChI is InChI=1S/C15H19ClFN3/c1-4-12-15(16)14(20(5-2)19-12)9-18-13-8-6-7-11(17)10(13)3/h6-8,18H,4-5,9H2,1-3H3. The van der Waals surface area contributed by atoms with E-state index in [9.17, 15) is 4.39 Å². The van der Waals surface area contributed by atoms with E-state index < -0.39 is 0 Å². The Morgan fingerprint density at radius 2 is 2.10 bits per heavy atom. The lowest BCUT2D eigenvalue weighted by atomic mass is 10.2. The van der Waals surface area contributed by atoms with Crippen LogP contribution in [0.1, 0.15) is 30.8 Å². The van der Waals surface area contributed by atoms with Gasteiger partial charge in [0.15, 0.2) is 0 Å². The quantitative estimate of drug-likeness (QED) is 0.897. The zero-order valence-corrected chi connectivity index (χ0v) is 12.8. The van der Waals surface area contributed by atoms with Crippen LogP contribution in [0.2, 0.25) is 5.02 Å². The summed E-state index contributed by atoms with van der Waals surface area (Å²) < 4.78 is 15.4. The number of nitrogens with zero attached hydrogens (tertiary/aromatic N) is 2. The zero-order chi connectivity index (χ0) is 14.7. The van der Waals surface area contributed by atoms with Crippen molar-refractivity contribution >= 4 is 17.3 Å². The highest BCUT2D eigenvalue weighted by molar-refractivity contribution is 6.31. The third kappa shape index (κ3) is 2.80. The maximum absolute atomic E-state index is 13.5. The van der Waals surface area contributed by atoms with Gasteiger partial charge in [-0.15, -0.1) is 0 Å². The van der Waals surface area contributed by atoms with Crippen LogP contribution in [-0.4, -0.2) is 9.78 Å². The van der Waals surface area contributed by atoms with Gasteiger partial charge in [0.05, 0.1) is 23.0 Å². The first-order chi connectivity index (χ1) is 9.58. The van der Waals surface area contributed by atoms with E-state index in [0.29, 0.717) is 17.1 Å². The second-order valence-corrected chi connectivity index (χ2v) is 5.02. The average molecular weight is 296 g/mol.